The molecule has 1 saturated heterocycles. The summed E-state index contributed by atoms with van der Waals surface area (Å²) in [5, 5.41) is 0.235. The number of halogens is 3. The lowest BCUT2D eigenvalue weighted by molar-refractivity contribution is 0.465. The highest BCUT2D eigenvalue weighted by Crippen LogP contribution is 2.30. The standard InChI is InChI=1S/C11H12BrCl2NO2S/c12-9-1-2-11(10(14)5-9)18(16,17)15-4-3-8(6-13)7-15/h1-2,5,8H,3-4,6-7H2. The first-order valence-corrected chi connectivity index (χ1v) is 8.61. The molecule has 1 fully saturated rings. The Morgan fingerprint density at radius 1 is 1.44 bits per heavy atom. The maximum atomic E-state index is 12.4. The predicted molar refractivity (Wildman–Crippen MR) is 76.7 cm³/mol. The molecular formula is C11H12BrCl2NO2S. The molecule has 0 saturated carbocycles. The van der Waals surface area contributed by atoms with Crippen molar-refractivity contribution in [2.24, 2.45) is 5.92 Å². The van der Waals surface area contributed by atoms with Crippen LogP contribution in [0.1, 0.15) is 6.42 Å². The SMILES string of the molecule is O=S(=O)(c1ccc(Br)cc1Cl)N1CCC(CCl)C1. The van der Waals surface area contributed by atoms with E-state index in [2.05, 4.69) is 15.9 Å². The van der Waals surface area contributed by atoms with Crippen molar-refractivity contribution in [3.8, 4) is 0 Å². The van der Waals surface area contributed by atoms with E-state index in [-0.39, 0.29) is 15.8 Å². The quantitative estimate of drug-likeness (QED) is 0.763. The molecule has 1 aromatic carbocycles. The minimum atomic E-state index is -3.51. The first-order valence-electron chi connectivity index (χ1n) is 5.46. The zero-order valence-corrected chi connectivity index (χ0v) is 13.4. The van der Waals surface area contributed by atoms with E-state index >= 15 is 0 Å². The predicted octanol–water partition coefficient (Wildman–Crippen LogP) is 3.35. The molecule has 1 aromatic rings. The fourth-order valence-corrected chi connectivity index (χ4v) is 4.76. The van der Waals surface area contributed by atoms with Crippen LogP contribution in [0.5, 0.6) is 0 Å². The Kier molecular flexibility index (Phi) is 4.60. The van der Waals surface area contributed by atoms with Gasteiger partial charge in [0.25, 0.3) is 0 Å². The van der Waals surface area contributed by atoms with Gasteiger partial charge in [0.05, 0.1) is 5.02 Å². The van der Waals surface area contributed by atoms with E-state index in [4.69, 9.17) is 23.2 Å². The molecule has 1 heterocycles. The van der Waals surface area contributed by atoms with Gasteiger partial charge < -0.3 is 0 Å². The number of rotatable bonds is 3. The monoisotopic (exact) mass is 371 g/mol. The molecule has 0 aliphatic carbocycles. The molecular weight excluding hydrogens is 361 g/mol. The average molecular weight is 373 g/mol. The van der Waals surface area contributed by atoms with Crippen LogP contribution in [0.25, 0.3) is 0 Å². The van der Waals surface area contributed by atoms with Crippen LogP contribution >= 0.6 is 39.1 Å². The first kappa shape index (κ1) is 14.6. The minimum Gasteiger partial charge on any atom is -0.207 e. The summed E-state index contributed by atoms with van der Waals surface area (Å²) in [4.78, 5) is 0.155. The van der Waals surface area contributed by atoms with E-state index in [1.54, 1.807) is 12.1 Å². The molecule has 1 atom stereocenters. The summed E-state index contributed by atoms with van der Waals surface area (Å²) in [6, 6.07) is 4.78. The number of hydrogen-bond acceptors (Lipinski definition) is 2. The van der Waals surface area contributed by atoms with Crippen LogP contribution in [0.4, 0.5) is 0 Å². The van der Waals surface area contributed by atoms with Gasteiger partial charge in [0.15, 0.2) is 0 Å². The number of nitrogens with zero attached hydrogens (tertiary/aromatic N) is 1. The van der Waals surface area contributed by atoms with E-state index in [9.17, 15) is 8.42 Å². The van der Waals surface area contributed by atoms with Crippen molar-refractivity contribution in [3.05, 3.63) is 27.7 Å². The van der Waals surface area contributed by atoms with Crippen molar-refractivity contribution in [3.63, 3.8) is 0 Å². The molecule has 0 N–H and O–H groups in total. The smallest absolute Gasteiger partial charge is 0.207 e. The molecule has 1 aliphatic rings. The lowest BCUT2D eigenvalue weighted by Gasteiger charge is -2.17. The summed E-state index contributed by atoms with van der Waals surface area (Å²) in [6.07, 6.45) is 0.802. The van der Waals surface area contributed by atoms with Crippen molar-refractivity contribution in [1.29, 1.82) is 0 Å². The van der Waals surface area contributed by atoms with Crippen LogP contribution in [0.15, 0.2) is 27.6 Å². The summed E-state index contributed by atoms with van der Waals surface area (Å²) in [6.45, 7) is 0.977. The van der Waals surface area contributed by atoms with Gasteiger partial charge in [-0.3, -0.25) is 0 Å². The highest BCUT2D eigenvalue weighted by molar-refractivity contribution is 9.10. The Labute approximate surface area is 125 Å². The van der Waals surface area contributed by atoms with Crippen LogP contribution in [-0.2, 0) is 10.0 Å². The molecule has 0 radical (unpaired) electrons. The van der Waals surface area contributed by atoms with Gasteiger partial charge in [-0.15, -0.1) is 11.6 Å². The van der Waals surface area contributed by atoms with Gasteiger partial charge in [0.2, 0.25) is 10.0 Å². The van der Waals surface area contributed by atoms with Crippen LogP contribution in [0.3, 0.4) is 0 Å². The summed E-state index contributed by atoms with van der Waals surface area (Å²) >= 11 is 15.0. The molecule has 3 nitrogen and oxygen atoms in total. The molecule has 0 spiro atoms. The Morgan fingerprint density at radius 3 is 2.72 bits per heavy atom. The van der Waals surface area contributed by atoms with Crippen molar-refractivity contribution >= 4 is 49.2 Å². The van der Waals surface area contributed by atoms with Crippen molar-refractivity contribution in [1.82, 2.24) is 4.31 Å². The Hall–Kier alpha value is 0.190. The molecule has 0 bridgehead atoms. The number of sulfonamides is 1. The molecule has 18 heavy (non-hydrogen) atoms. The van der Waals surface area contributed by atoms with E-state index < -0.39 is 10.0 Å². The molecule has 2 rings (SSSR count). The third-order valence-electron chi connectivity index (χ3n) is 2.98. The second kappa shape index (κ2) is 5.67. The lowest BCUT2D eigenvalue weighted by atomic mass is 10.2. The van der Waals surface area contributed by atoms with Gasteiger partial charge in [-0.05, 0) is 30.5 Å². The van der Waals surface area contributed by atoms with Crippen molar-refractivity contribution < 1.29 is 8.42 Å². The third-order valence-corrected chi connectivity index (χ3v) is 6.26. The van der Waals surface area contributed by atoms with Gasteiger partial charge in [0, 0.05) is 23.4 Å². The third kappa shape index (κ3) is 2.85. The number of alkyl halides is 1. The Morgan fingerprint density at radius 2 is 2.17 bits per heavy atom. The zero-order chi connectivity index (χ0) is 13.3. The van der Waals surface area contributed by atoms with Crippen LogP contribution in [0.2, 0.25) is 5.02 Å². The highest BCUT2D eigenvalue weighted by atomic mass is 79.9. The molecule has 7 heteroatoms. The van der Waals surface area contributed by atoms with Gasteiger partial charge in [0.1, 0.15) is 4.90 Å². The van der Waals surface area contributed by atoms with E-state index in [0.29, 0.717) is 19.0 Å². The number of benzene rings is 1. The maximum Gasteiger partial charge on any atom is 0.244 e. The molecule has 0 aromatic heterocycles. The summed E-state index contributed by atoms with van der Waals surface area (Å²) in [7, 11) is -3.51. The molecule has 0 amide bonds. The summed E-state index contributed by atoms with van der Waals surface area (Å²) < 4.78 is 27.0. The topological polar surface area (TPSA) is 37.4 Å². The lowest BCUT2D eigenvalue weighted by Crippen LogP contribution is -2.29. The second-order valence-electron chi connectivity index (χ2n) is 4.25. The van der Waals surface area contributed by atoms with Crippen molar-refractivity contribution in [2.75, 3.05) is 19.0 Å². The van der Waals surface area contributed by atoms with Gasteiger partial charge in [-0.2, -0.15) is 4.31 Å². The van der Waals surface area contributed by atoms with Crippen LogP contribution in [-0.4, -0.2) is 31.7 Å². The number of hydrogen-bond donors (Lipinski definition) is 0. The molecule has 1 aliphatic heterocycles. The molecule has 100 valence electrons. The van der Waals surface area contributed by atoms with Crippen molar-refractivity contribution in [2.45, 2.75) is 11.3 Å². The Balaban J connectivity index is 2.31. The minimum absolute atomic E-state index is 0.155. The van der Waals surface area contributed by atoms with Crippen LogP contribution < -0.4 is 0 Å². The summed E-state index contributed by atoms with van der Waals surface area (Å²) in [5.41, 5.74) is 0. The van der Waals surface area contributed by atoms with E-state index in [1.807, 2.05) is 0 Å². The Bertz CT molecular complexity index is 550. The fraction of sp³-hybridized carbons (Fsp3) is 0.455. The summed E-state index contributed by atoms with van der Waals surface area (Å²) in [5.74, 6) is 0.718. The van der Waals surface area contributed by atoms with Gasteiger partial charge in [-0.1, -0.05) is 27.5 Å². The van der Waals surface area contributed by atoms with E-state index in [0.717, 1.165) is 10.9 Å². The largest absolute Gasteiger partial charge is 0.244 e. The fourth-order valence-electron chi connectivity index (χ4n) is 1.96. The molecule has 1 unspecified atom stereocenters. The van der Waals surface area contributed by atoms with Gasteiger partial charge >= 0.3 is 0 Å². The normalized spacial score (nSPS) is 21.4. The van der Waals surface area contributed by atoms with E-state index in [1.165, 1.54) is 10.4 Å². The van der Waals surface area contributed by atoms with Gasteiger partial charge in [-0.25, -0.2) is 8.42 Å². The zero-order valence-electron chi connectivity index (χ0n) is 9.44. The maximum absolute atomic E-state index is 12.4. The average Bonchev–Trinajstić information content (AvgIpc) is 2.77. The van der Waals surface area contributed by atoms with Crippen LogP contribution in [0, 0.1) is 5.92 Å². The second-order valence-corrected chi connectivity index (χ2v) is 7.78. The highest BCUT2D eigenvalue weighted by Gasteiger charge is 2.33. The first-order chi connectivity index (χ1) is 8.45.